The van der Waals surface area contributed by atoms with Crippen molar-refractivity contribution in [2.75, 3.05) is 0 Å². The average molecular weight is 146 g/mol. The molecule has 0 aromatic carbocycles. The van der Waals surface area contributed by atoms with Crippen LogP contribution >= 0.6 is 0 Å². The first-order valence-corrected chi connectivity index (χ1v) is 3.88. The molecule has 2 nitrogen and oxygen atoms in total. The fraction of sp³-hybridized carbons (Fsp3) is 0.444. The van der Waals surface area contributed by atoms with Crippen molar-refractivity contribution < 1.29 is 0 Å². The summed E-state index contributed by atoms with van der Waals surface area (Å²) >= 11 is 0. The number of nitriles is 1. The van der Waals surface area contributed by atoms with E-state index in [1.54, 1.807) is 0 Å². The summed E-state index contributed by atoms with van der Waals surface area (Å²) in [5.74, 6) is 0. The molecular formula is C9H10N2. The lowest BCUT2D eigenvalue weighted by Gasteiger charge is -2.36. The maximum atomic E-state index is 8.81. The number of rotatable bonds is 0. The Labute approximate surface area is 66.0 Å². The highest BCUT2D eigenvalue weighted by atomic mass is 14.6. The minimum atomic E-state index is 0.0683. The summed E-state index contributed by atoms with van der Waals surface area (Å²) in [7, 11) is 0. The molecule has 1 saturated carbocycles. The molecule has 0 aliphatic heterocycles. The van der Waals surface area contributed by atoms with E-state index in [-0.39, 0.29) is 5.41 Å². The van der Waals surface area contributed by atoms with Gasteiger partial charge >= 0.3 is 0 Å². The Hall–Kier alpha value is -1.23. The molecule has 1 spiro atoms. The van der Waals surface area contributed by atoms with Crippen LogP contribution in [0.1, 0.15) is 19.3 Å². The second-order valence-electron chi connectivity index (χ2n) is 3.29. The highest BCUT2D eigenvalue weighted by molar-refractivity contribution is 5.48. The Bertz CT molecular complexity index is 287. The third kappa shape index (κ3) is 0.655. The minimum Gasteiger partial charge on any atom is -0.398 e. The standard InChI is InChI=1S/C9H10N2/c10-6-7-8(11)2-5-9(7)3-1-4-9/h2,5H,1,3-4,11H2. The van der Waals surface area contributed by atoms with E-state index in [0.717, 1.165) is 18.4 Å². The van der Waals surface area contributed by atoms with E-state index in [1.807, 2.05) is 6.08 Å². The highest BCUT2D eigenvalue weighted by Gasteiger charge is 2.41. The molecule has 0 amide bonds. The van der Waals surface area contributed by atoms with Crippen LogP contribution in [0.5, 0.6) is 0 Å². The third-order valence-electron chi connectivity index (χ3n) is 2.73. The SMILES string of the molecule is N#CC1=C(N)C=CC12CCC2. The van der Waals surface area contributed by atoms with Crippen molar-refractivity contribution in [3.63, 3.8) is 0 Å². The molecule has 2 rings (SSSR count). The van der Waals surface area contributed by atoms with Gasteiger partial charge in [-0.25, -0.2) is 0 Å². The fourth-order valence-corrected chi connectivity index (χ4v) is 1.85. The molecule has 0 unspecified atom stereocenters. The zero-order valence-corrected chi connectivity index (χ0v) is 6.30. The molecule has 0 saturated heterocycles. The summed E-state index contributed by atoms with van der Waals surface area (Å²) in [5.41, 5.74) is 7.18. The predicted octanol–water partition coefficient (Wildman–Crippen LogP) is 1.46. The molecule has 2 heteroatoms. The summed E-state index contributed by atoms with van der Waals surface area (Å²) in [6.45, 7) is 0. The van der Waals surface area contributed by atoms with Gasteiger partial charge in [0, 0.05) is 11.1 Å². The summed E-state index contributed by atoms with van der Waals surface area (Å²) in [6.07, 6.45) is 7.39. The lowest BCUT2D eigenvalue weighted by molar-refractivity contribution is 0.268. The maximum absolute atomic E-state index is 8.81. The maximum Gasteiger partial charge on any atom is 0.0978 e. The number of nitrogens with zero attached hydrogens (tertiary/aromatic N) is 1. The number of allylic oxidation sites excluding steroid dienone is 3. The van der Waals surface area contributed by atoms with Gasteiger partial charge in [0.15, 0.2) is 0 Å². The largest absolute Gasteiger partial charge is 0.398 e. The van der Waals surface area contributed by atoms with Crippen LogP contribution in [-0.2, 0) is 0 Å². The van der Waals surface area contributed by atoms with Crippen LogP contribution in [0.4, 0.5) is 0 Å². The second kappa shape index (κ2) is 1.88. The van der Waals surface area contributed by atoms with Gasteiger partial charge in [0.1, 0.15) is 0 Å². The van der Waals surface area contributed by atoms with Gasteiger partial charge in [0.25, 0.3) is 0 Å². The van der Waals surface area contributed by atoms with Crippen molar-refractivity contribution in [2.24, 2.45) is 11.1 Å². The lowest BCUT2D eigenvalue weighted by atomic mass is 9.66. The average Bonchev–Trinajstić information content (AvgIpc) is 2.25. The Kier molecular flexibility index (Phi) is 1.11. The predicted molar refractivity (Wildman–Crippen MR) is 42.3 cm³/mol. The monoisotopic (exact) mass is 146 g/mol. The Morgan fingerprint density at radius 3 is 2.64 bits per heavy atom. The molecule has 2 N–H and O–H groups in total. The van der Waals surface area contributed by atoms with Crippen LogP contribution < -0.4 is 5.73 Å². The molecular weight excluding hydrogens is 136 g/mol. The molecule has 0 aromatic heterocycles. The zero-order valence-electron chi connectivity index (χ0n) is 6.30. The van der Waals surface area contributed by atoms with Gasteiger partial charge in [0.2, 0.25) is 0 Å². The van der Waals surface area contributed by atoms with Crippen molar-refractivity contribution in [1.29, 1.82) is 5.26 Å². The van der Waals surface area contributed by atoms with Gasteiger partial charge in [-0.2, -0.15) is 5.26 Å². The quantitative estimate of drug-likeness (QED) is 0.562. The molecule has 0 heterocycles. The number of nitrogens with two attached hydrogens (primary N) is 1. The van der Waals surface area contributed by atoms with Gasteiger partial charge in [-0.15, -0.1) is 0 Å². The minimum absolute atomic E-state index is 0.0683. The van der Waals surface area contributed by atoms with Gasteiger partial charge in [0.05, 0.1) is 11.6 Å². The first kappa shape index (κ1) is 6.48. The Balaban J connectivity index is 2.41. The lowest BCUT2D eigenvalue weighted by Crippen LogP contribution is -2.27. The van der Waals surface area contributed by atoms with Crippen molar-refractivity contribution in [2.45, 2.75) is 19.3 Å². The van der Waals surface area contributed by atoms with E-state index < -0.39 is 0 Å². The van der Waals surface area contributed by atoms with E-state index >= 15 is 0 Å². The van der Waals surface area contributed by atoms with E-state index in [2.05, 4.69) is 12.1 Å². The van der Waals surface area contributed by atoms with E-state index in [9.17, 15) is 0 Å². The van der Waals surface area contributed by atoms with E-state index in [4.69, 9.17) is 11.0 Å². The molecule has 0 radical (unpaired) electrons. The highest BCUT2D eigenvalue weighted by Crippen LogP contribution is 2.51. The molecule has 0 bridgehead atoms. The van der Waals surface area contributed by atoms with E-state index in [0.29, 0.717) is 5.70 Å². The van der Waals surface area contributed by atoms with E-state index in [1.165, 1.54) is 6.42 Å². The Morgan fingerprint density at radius 1 is 1.55 bits per heavy atom. The molecule has 0 aromatic rings. The van der Waals surface area contributed by atoms with Gasteiger partial charge in [-0.05, 0) is 18.9 Å². The fourth-order valence-electron chi connectivity index (χ4n) is 1.85. The van der Waals surface area contributed by atoms with Gasteiger partial charge < -0.3 is 5.73 Å². The van der Waals surface area contributed by atoms with Crippen LogP contribution in [0.3, 0.4) is 0 Å². The molecule has 1 fully saturated rings. The first-order chi connectivity index (χ1) is 5.28. The summed E-state index contributed by atoms with van der Waals surface area (Å²) in [4.78, 5) is 0. The van der Waals surface area contributed by atoms with Crippen molar-refractivity contribution in [1.82, 2.24) is 0 Å². The van der Waals surface area contributed by atoms with Crippen LogP contribution in [0.2, 0.25) is 0 Å². The summed E-state index contributed by atoms with van der Waals surface area (Å²) in [6, 6.07) is 2.20. The van der Waals surface area contributed by atoms with Crippen molar-refractivity contribution >= 4 is 0 Å². The first-order valence-electron chi connectivity index (χ1n) is 3.88. The normalized spacial score (nSPS) is 25.4. The second-order valence-corrected chi connectivity index (χ2v) is 3.29. The van der Waals surface area contributed by atoms with Crippen LogP contribution in [0.25, 0.3) is 0 Å². The van der Waals surface area contributed by atoms with Crippen LogP contribution in [0.15, 0.2) is 23.4 Å². The molecule has 56 valence electrons. The Morgan fingerprint density at radius 2 is 2.27 bits per heavy atom. The number of hydrogen-bond acceptors (Lipinski definition) is 2. The van der Waals surface area contributed by atoms with Crippen LogP contribution in [0, 0.1) is 16.7 Å². The number of hydrogen-bond donors (Lipinski definition) is 1. The van der Waals surface area contributed by atoms with Crippen LogP contribution in [-0.4, -0.2) is 0 Å². The summed E-state index contributed by atoms with van der Waals surface area (Å²) in [5, 5.41) is 8.81. The zero-order chi connectivity index (χ0) is 7.90. The van der Waals surface area contributed by atoms with Crippen molar-refractivity contribution in [3.8, 4) is 6.07 Å². The third-order valence-corrected chi connectivity index (χ3v) is 2.73. The summed E-state index contributed by atoms with van der Waals surface area (Å²) < 4.78 is 0. The van der Waals surface area contributed by atoms with Crippen molar-refractivity contribution in [3.05, 3.63) is 23.4 Å². The van der Waals surface area contributed by atoms with Gasteiger partial charge in [-0.1, -0.05) is 12.5 Å². The smallest absolute Gasteiger partial charge is 0.0978 e. The molecule has 0 atom stereocenters. The van der Waals surface area contributed by atoms with Gasteiger partial charge in [-0.3, -0.25) is 0 Å². The topological polar surface area (TPSA) is 49.8 Å². The molecule has 2 aliphatic carbocycles. The molecule has 2 aliphatic rings. The molecule has 11 heavy (non-hydrogen) atoms.